The van der Waals surface area contributed by atoms with Gasteiger partial charge in [-0.15, -0.1) is 6.58 Å². The number of nitrogens with zero attached hydrogens (tertiary/aromatic N) is 1. The Morgan fingerprint density at radius 3 is 2.56 bits per heavy atom. The van der Waals surface area contributed by atoms with Crippen LogP contribution in [0.1, 0.15) is 37.2 Å². The molecule has 6 heteroatoms. The number of nitrogens with one attached hydrogen (secondary N) is 1. The lowest BCUT2D eigenvalue weighted by Crippen LogP contribution is -2.53. The van der Waals surface area contributed by atoms with Gasteiger partial charge in [0.1, 0.15) is 9.84 Å². The number of benzene rings is 1. The summed E-state index contributed by atoms with van der Waals surface area (Å²) in [4.78, 5) is 15.2. The maximum absolute atomic E-state index is 12.8. The van der Waals surface area contributed by atoms with Gasteiger partial charge in [-0.25, -0.2) is 8.42 Å². The molecule has 0 aromatic heterocycles. The Bertz CT molecular complexity index is 734. The van der Waals surface area contributed by atoms with E-state index in [4.69, 9.17) is 0 Å². The van der Waals surface area contributed by atoms with E-state index >= 15 is 0 Å². The van der Waals surface area contributed by atoms with Gasteiger partial charge in [0.15, 0.2) is 0 Å². The molecule has 0 saturated carbocycles. The average Bonchev–Trinajstić information content (AvgIpc) is 2.67. The highest BCUT2D eigenvalue weighted by molar-refractivity contribution is 7.91. The molecular formula is C21H30N2O3S. The summed E-state index contributed by atoms with van der Waals surface area (Å²) in [6.45, 7) is 6.60. The van der Waals surface area contributed by atoms with Crippen molar-refractivity contribution in [2.45, 2.75) is 37.6 Å². The van der Waals surface area contributed by atoms with Crippen molar-refractivity contribution in [3.05, 3.63) is 48.6 Å². The van der Waals surface area contributed by atoms with Crippen LogP contribution in [0.15, 0.2) is 43.0 Å². The molecule has 2 saturated heterocycles. The maximum Gasteiger partial charge on any atom is 0.223 e. The van der Waals surface area contributed by atoms with E-state index in [1.54, 1.807) is 0 Å². The van der Waals surface area contributed by atoms with Crippen LogP contribution in [0.5, 0.6) is 0 Å². The van der Waals surface area contributed by atoms with Crippen molar-refractivity contribution in [2.75, 3.05) is 31.1 Å². The Hall–Kier alpha value is -1.66. The first kappa shape index (κ1) is 20.1. The molecule has 1 N–H and O–H groups in total. The molecule has 148 valence electrons. The van der Waals surface area contributed by atoms with E-state index < -0.39 is 9.84 Å². The van der Waals surface area contributed by atoms with Gasteiger partial charge >= 0.3 is 0 Å². The number of hydrogen-bond acceptors (Lipinski definition) is 4. The molecule has 1 amide bonds. The number of carbonyl (C=O) groups is 1. The molecule has 2 aliphatic heterocycles. The van der Waals surface area contributed by atoms with Crippen molar-refractivity contribution in [1.29, 1.82) is 0 Å². The summed E-state index contributed by atoms with van der Waals surface area (Å²) in [5.74, 6) is 0.379. The highest BCUT2D eigenvalue weighted by Gasteiger charge is 2.34. The zero-order valence-corrected chi connectivity index (χ0v) is 16.7. The molecule has 2 heterocycles. The van der Waals surface area contributed by atoms with E-state index in [-0.39, 0.29) is 29.4 Å². The lowest BCUT2D eigenvalue weighted by molar-refractivity contribution is -0.126. The van der Waals surface area contributed by atoms with Gasteiger partial charge in [-0.3, -0.25) is 4.79 Å². The second-order valence-corrected chi connectivity index (χ2v) is 10.0. The molecule has 0 bridgehead atoms. The standard InChI is InChI=1S/C21H30N2O3S/c1-2-3-12-23-13-9-19(17-7-5-4-6-8-17)20(16-23)22-21(24)18-10-14-27(25,26)15-11-18/h2,4-8,18-20H,1,3,9-16H2,(H,22,24)/t19-,20-/m0/s1. The summed E-state index contributed by atoms with van der Waals surface area (Å²) in [5.41, 5.74) is 1.26. The van der Waals surface area contributed by atoms with Crippen LogP contribution in [0, 0.1) is 5.92 Å². The Morgan fingerprint density at radius 2 is 1.89 bits per heavy atom. The molecule has 27 heavy (non-hydrogen) atoms. The molecule has 3 rings (SSSR count). The average molecular weight is 391 g/mol. The number of carbonyl (C=O) groups excluding carboxylic acids is 1. The predicted molar refractivity (Wildman–Crippen MR) is 108 cm³/mol. The van der Waals surface area contributed by atoms with Crippen molar-refractivity contribution in [3.63, 3.8) is 0 Å². The lowest BCUT2D eigenvalue weighted by atomic mass is 9.84. The number of hydrogen-bond donors (Lipinski definition) is 1. The number of amides is 1. The van der Waals surface area contributed by atoms with E-state index in [1.807, 2.05) is 24.3 Å². The smallest absolute Gasteiger partial charge is 0.223 e. The van der Waals surface area contributed by atoms with Crippen molar-refractivity contribution in [1.82, 2.24) is 10.2 Å². The summed E-state index contributed by atoms with van der Waals surface area (Å²) in [7, 11) is -2.95. The second kappa shape index (κ2) is 9.02. The summed E-state index contributed by atoms with van der Waals surface area (Å²) in [6.07, 6.45) is 4.76. The largest absolute Gasteiger partial charge is 0.351 e. The third-order valence-corrected chi connectivity index (χ3v) is 7.54. The normalized spacial score (nSPS) is 26.4. The van der Waals surface area contributed by atoms with Crippen LogP contribution in [0.2, 0.25) is 0 Å². The van der Waals surface area contributed by atoms with Crippen molar-refractivity contribution >= 4 is 15.7 Å². The monoisotopic (exact) mass is 390 g/mol. The number of sulfone groups is 1. The second-order valence-electron chi connectivity index (χ2n) is 7.72. The molecule has 0 radical (unpaired) electrons. The minimum atomic E-state index is -2.95. The SMILES string of the molecule is C=CCCN1CC[C@@H](c2ccccc2)[C@@H](NC(=O)C2CCS(=O)(=O)CC2)C1. The van der Waals surface area contributed by atoms with E-state index in [0.717, 1.165) is 32.5 Å². The Kier molecular flexibility index (Phi) is 6.71. The molecule has 1 aromatic rings. The maximum atomic E-state index is 12.8. The summed E-state index contributed by atoms with van der Waals surface area (Å²) < 4.78 is 23.3. The Labute approximate surface area is 162 Å². The van der Waals surface area contributed by atoms with Crippen molar-refractivity contribution < 1.29 is 13.2 Å². The molecule has 0 spiro atoms. The summed E-state index contributed by atoms with van der Waals surface area (Å²) in [6, 6.07) is 10.4. The number of rotatable bonds is 6. The van der Waals surface area contributed by atoms with E-state index in [2.05, 4.69) is 28.9 Å². The van der Waals surface area contributed by atoms with Crippen LogP contribution in [0.3, 0.4) is 0 Å². The van der Waals surface area contributed by atoms with Gasteiger partial charge < -0.3 is 10.2 Å². The molecule has 2 atom stereocenters. The summed E-state index contributed by atoms with van der Waals surface area (Å²) in [5, 5.41) is 3.27. The first-order valence-corrected chi connectivity index (χ1v) is 11.7. The van der Waals surface area contributed by atoms with Crippen LogP contribution < -0.4 is 5.32 Å². The molecule has 1 aromatic carbocycles. The quantitative estimate of drug-likeness (QED) is 0.758. The zero-order valence-electron chi connectivity index (χ0n) is 15.8. The molecule has 0 aliphatic carbocycles. The molecule has 0 unspecified atom stereocenters. The molecule has 2 fully saturated rings. The van der Waals surface area contributed by atoms with E-state index in [1.165, 1.54) is 5.56 Å². The first-order valence-electron chi connectivity index (χ1n) is 9.87. The lowest BCUT2D eigenvalue weighted by Gasteiger charge is -2.40. The van der Waals surface area contributed by atoms with Crippen LogP contribution in [-0.2, 0) is 14.6 Å². The van der Waals surface area contributed by atoms with E-state index in [9.17, 15) is 13.2 Å². The minimum Gasteiger partial charge on any atom is -0.351 e. The first-order chi connectivity index (χ1) is 13.0. The van der Waals surface area contributed by atoms with E-state index in [0.29, 0.717) is 18.8 Å². The topological polar surface area (TPSA) is 66.5 Å². The van der Waals surface area contributed by atoms with Crippen LogP contribution in [0.4, 0.5) is 0 Å². The van der Waals surface area contributed by atoms with Gasteiger partial charge in [0, 0.05) is 31.0 Å². The fourth-order valence-electron chi connectivity index (χ4n) is 4.19. The van der Waals surface area contributed by atoms with Crippen molar-refractivity contribution in [3.8, 4) is 0 Å². The van der Waals surface area contributed by atoms with Gasteiger partial charge in [-0.05, 0) is 37.8 Å². The predicted octanol–water partition coefficient (Wildman–Crippen LogP) is 2.36. The highest BCUT2D eigenvalue weighted by atomic mass is 32.2. The number of likely N-dealkylation sites (tertiary alicyclic amines) is 1. The highest BCUT2D eigenvalue weighted by Crippen LogP contribution is 2.29. The fourth-order valence-corrected chi connectivity index (χ4v) is 5.69. The molecular weight excluding hydrogens is 360 g/mol. The van der Waals surface area contributed by atoms with Gasteiger partial charge in [0.05, 0.1) is 11.5 Å². The Balaban J connectivity index is 1.68. The third kappa shape index (κ3) is 5.42. The third-order valence-electron chi connectivity index (χ3n) is 5.83. The van der Waals surface area contributed by atoms with Crippen molar-refractivity contribution in [2.24, 2.45) is 5.92 Å². The van der Waals surface area contributed by atoms with Gasteiger partial charge in [-0.1, -0.05) is 36.4 Å². The fraction of sp³-hybridized carbons (Fsp3) is 0.571. The van der Waals surface area contributed by atoms with Gasteiger partial charge in [0.25, 0.3) is 0 Å². The van der Waals surface area contributed by atoms with Gasteiger partial charge in [0.2, 0.25) is 5.91 Å². The Morgan fingerprint density at radius 1 is 1.19 bits per heavy atom. The summed E-state index contributed by atoms with van der Waals surface area (Å²) >= 11 is 0. The zero-order chi connectivity index (χ0) is 19.3. The van der Waals surface area contributed by atoms with Crippen LogP contribution in [-0.4, -0.2) is 56.4 Å². The minimum absolute atomic E-state index is 0.0152. The number of piperidine rings is 1. The van der Waals surface area contributed by atoms with Gasteiger partial charge in [-0.2, -0.15) is 0 Å². The molecule has 5 nitrogen and oxygen atoms in total. The van der Waals surface area contributed by atoms with Crippen LogP contribution in [0.25, 0.3) is 0 Å². The molecule has 2 aliphatic rings. The van der Waals surface area contributed by atoms with Crippen LogP contribution >= 0.6 is 0 Å².